The van der Waals surface area contributed by atoms with Crippen molar-refractivity contribution in [2.24, 2.45) is 17.6 Å². The average Bonchev–Trinajstić information content (AvgIpc) is 2.45. The summed E-state index contributed by atoms with van der Waals surface area (Å²) < 4.78 is 0. The van der Waals surface area contributed by atoms with Crippen molar-refractivity contribution in [2.75, 3.05) is 0 Å². The first-order valence-corrected chi connectivity index (χ1v) is 7.72. The lowest BCUT2D eigenvalue weighted by Gasteiger charge is -2.24. The molecule has 0 aromatic heterocycles. The fraction of sp³-hybridized carbons (Fsp3) is 0.556. The topological polar surface area (TPSA) is 38.0 Å². The average molecular weight is 274 g/mol. The third kappa shape index (κ3) is 4.03. The van der Waals surface area contributed by atoms with E-state index in [4.69, 9.17) is 5.73 Å². The summed E-state index contributed by atoms with van der Waals surface area (Å²) in [6.45, 7) is 15.0. The lowest BCUT2D eigenvalue weighted by atomic mass is 9.87. The third-order valence-corrected chi connectivity index (χ3v) is 3.73. The van der Waals surface area contributed by atoms with Crippen molar-refractivity contribution in [2.45, 2.75) is 53.9 Å². The first-order chi connectivity index (χ1) is 9.38. The van der Waals surface area contributed by atoms with E-state index in [0.29, 0.717) is 11.8 Å². The number of unbranched alkanes of at least 4 members (excludes halogenated alkanes) is 1. The highest BCUT2D eigenvalue weighted by molar-refractivity contribution is 5.46. The summed E-state index contributed by atoms with van der Waals surface area (Å²) in [4.78, 5) is 0. The van der Waals surface area contributed by atoms with Crippen molar-refractivity contribution in [3.05, 3.63) is 47.0 Å². The van der Waals surface area contributed by atoms with Crippen molar-refractivity contribution in [1.29, 1.82) is 0 Å². The minimum Gasteiger partial charge on any atom is -0.398 e. The normalized spacial score (nSPS) is 19.6. The molecule has 2 heteroatoms. The van der Waals surface area contributed by atoms with Crippen LogP contribution < -0.4 is 11.1 Å². The first-order valence-electron chi connectivity index (χ1n) is 7.72. The Morgan fingerprint density at radius 3 is 2.60 bits per heavy atom. The number of nitrogens with one attached hydrogen (secondary N) is 1. The summed E-state index contributed by atoms with van der Waals surface area (Å²) >= 11 is 0. The van der Waals surface area contributed by atoms with Crippen molar-refractivity contribution in [1.82, 2.24) is 5.32 Å². The van der Waals surface area contributed by atoms with E-state index in [1.165, 1.54) is 23.3 Å². The van der Waals surface area contributed by atoms with Gasteiger partial charge >= 0.3 is 0 Å². The highest BCUT2D eigenvalue weighted by Gasteiger charge is 2.22. The summed E-state index contributed by atoms with van der Waals surface area (Å²) in [7, 11) is 0. The standard InChI is InChI=1S/C18H30N2/c1-7-8-9-15-16(19)11-10-14(6)17(12(2)3)18(15)20-13(4)5/h10-12,14,20H,4,7-9,19H2,1-3,5-6H3/t14-/m1/s1. The first kappa shape index (κ1) is 16.6. The summed E-state index contributed by atoms with van der Waals surface area (Å²) in [5.41, 5.74) is 12.0. The second-order valence-electron chi connectivity index (χ2n) is 6.08. The predicted octanol–water partition coefficient (Wildman–Crippen LogP) is 4.63. The Hall–Kier alpha value is -1.44. The lowest BCUT2D eigenvalue weighted by molar-refractivity contribution is 0.640. The Kier molecular flexibility index (Phi) is 6.12. The van der Waals surface area contributed by atoms with Crippen molar-refractivity contribution < 1.29 is 0 Å². The molecular formula is C18H30N2. The maximum atomic E-state index is 6.30. The molecule has 0 fully saturated rings. The Morgan fingerprint density at radius 2 is 2.10 bits per heavy atom. The van der Waals surface area contributed by atoms with Crippen LogP contribution in [0.4, 0.5) is 0 Å². The monoisotopic (exact) mass is 274 g/mol. The molecule has 0 saturated carbocycles. The highest BCUT2D eigenvalue weighted by atomic mass is 14.9. The van der Waals surface area contributed by atoms with Gasteiger partial charge in [0.1, 0.15) is 0 Å². The van der Waals surface area contributed by atoms with Crippen LogP contribution in [0.1, 0.15) is 53.9 Å². The molecule has 0 radical (unpaired) electrons. The molecule has 0 spiro atoms. The van der Waals surface area contributed by atoms with Crippen LogP contribution in [0, 0.1) is 11.8 Å². The van der Waals surface area contributed by atoms with Gasteiger partial charge in [0.15, 0.2) is 0 Å². The SMILES string of the molecule is C=C(C)NC1=C(C(C)C)[C@H](C)C=CC(N)=C1CCCC. The van der Waals surface area contributed by atoms with Gasteiger partial charge in [-0.05, 0) is 48.8 Å². The molecule has 1 aliphatic carbocycles. The number of rotatable bonds is 6. The third-order valence-electron chi connectivity index (χ3n) is 3.73. The van der Waals surface area contributed by atoms with Crippen molar-refractivity contribution in [3.8, 4) is 0 Å². The lowest BCUT2D eigenvalue weighted by Crippen LogP contribution is -2.20. The molecule has 0 aromatic carbocycles. The van der Waals surface area contributed by atoms with Gasteiger partial charge in [0.05, 0.1) is 0 Å². The van der Waals surface area contributed by atoms with E-state index in [-0.39, 0.29) is 0 Å². The zero-order chi connectivity index (χ0) is 15.3. The second kappa shape index (κ2) is 7.37. The minimum absolute atomic E-state index is 0.398. The molecule has 1 rings (SSSR count). The number of hydrogen-bond acceptors (Lipinski definition) is 2. The molecule has 0 unspecified atom stereocenters. The smallest absolute Gasteiger partial charge is 0.0435 e. The minimum atomic E-state index is 0.398. The Balaban J connectivity index is 3.37. The fourth-order valence-electron chi connectivity index (χ4n) is 2.80. The van der Waals surface area contributed by atoms with E-state index in [9.17, 15) is 0 Å². The zero-order valence-corrected chi connectivity index (χ0v) is 13.7. The maximum absolute atomic E-state index is 6.30. The van der Waals surface area contributed by atoms with E-state index in [2.05, 4.69) is 51.7 Å². The molecule has 0 aromatic rings. The number of allylic oxidation sites excluding steroid dienone is 5. The maximum Gasteiger partial charge on any atom is 0.0435 e. The van der Waals surface area contributed by atoms with Gasteiger partial charge < -0.3 is 11.1 Å². The number of nitrogens with two attached hydrogens (primary N) is 1. The molecule has 0 bridgehead atoms. The van der Waals surface area contributed by atoms with Crippen LogP contribution in [0.15, 0.2) is 47.0 Å². The zero-order valence-electron chi connectivity index (χ0n) is 13.7. The molecule has 0 aliphatic heterocycles. The van der Waals surface area contributed by atoms with Crippen LogP contribution in [0.5, 0.6) is 0 Å². The number of hydrogen-bond donors (Lipinski definition) is 2. The summed E-state index contributed by atoms with van der Waals surface area (Å²) in [5.74, 6) is 0.883. The van der Waals surface area contributed by atoms with Gasteiger partial charge in [-0.15, -0.1) is 0 Å². The molecule has 3 N–H and O–H groups in total. The molecule has 1 aliphatic rings. The molecule has 2 nitrogen and oxygen atoms in total. The van der Waals surface area contributed by atoms with E-state index in [1.54, 1.807) is 0 Å². The summed E-state index contributed by atoms with van der Waals surface area (Å²) in [6.07, 6.45) is 7.64. The summed E-state index contributed by atoms with van der Waals surface area (Å²) in [6, 6.07) is 0. The molecule has 112 valence electrons. The van der Waals surface area contributed by atoms with Gasteiger partial charge in [-0.1, -0.05) is 46.8 Å². The fourth-order valence-corrected chi connectivity index (χ4v) is 2.80. The Bertz CT molecular complexity index is 450. The summed E-state index contributed by atoms with van der Waals surface area (Å²) in [5, 5.41) is 3.48. The molecule has 20 heavy (non-hydrogen) atoms. The molecule has 0 heterocycles. The van der Waals surface area contributed by atoms with E-state index < -0.39 is 0 Å². The van der Waals surface area contributed by atoms with Crippen LogP contribution in [0.2, 0.25) is 0 Å². The highest BCUT2D eigenvalue weighted by Crippen LogP contribution is 2.33. The van der Waals surface area contributed by atoms with Crippen LogP contribution in [0.25, 0.3) is 0 Å². The molecule has 0 amide bonds. The Labute approximate surface area is 124 Å². The quantitative estimate of drug-likeness (QED) is 0.741. The van der Waals surface area contributed by atoms with Crippen LogP contribution in [-0.4, -0.2) is 0 Å². The van der Waals surface area contributed by atoms with Gasteiger partial charge in [-0.25, -0.2) is 0 Å². The van der Waals surface area contributed by atoms with Gasteiger partial charge in [-0.3, -0.25) is 0 Å². The van der Waals surface area contributed by atoms with Gasteiger partial charge in [0.2, 0.25) is 0 Å². The van der Waals surface area contributed by atoms with Crippen molar-refractivity contribution >= 4 is 0 Å². The Morgan fingerprint density at radius 1 is 1.45 bits per heavy atom. The van der Waals surface area contributed by atoms with Crippen LogP contribution in [-0.2, 0) is 0 Å². The van der Waals surface area contributed by atoms with Gasteiger partial charge in [-0.2, -0.15) is 0 Å². The van der Waals surface area contributed by atoms with E-state index in [0.717, 1.165) is 24.2 Å². The van der Waals surface area contributed by atoms with E-state index >= 15 is 0 Å². The molecule has 0 saturated heterocycles. The van der Waals surface area contributed by atoms with Crippen LogP contribution >= 0.6 is 0 Å². The van der Waals surface area contributed by atoms with E-state index in [1.807, 2.05) is 6.92 Å². The van der Waals surface area contributed by atoms with Gasteiger partial charge in [0, 0.05) is 17.1 Å². The second-order valence-corrected chi connectivity index (χ2v) is 6.08. The van der Waals surface area contributed by atoms with Crippen molar-refractivity contribution in [3.63, 3.8) is 0 Å². The predicted molar refractivity (Wildman–Crippen MR) is 88.9 cm³/mol. The van der Waals surface area contributed by atoms with Crippen LogP contribution in [0.3, 0.4) is 0 Å². The largest absolute Gasteiger partial charge is 0.398 e. The molecule has 1 atom stereocenters. The molecular weight excluding hydrogens is 244 g/mol. The van der Waals surface area contributed by atoms with Gasteiger partial charge in [0.25, 0.3) is 0 Å².